The highest BCUT2D eigenvalue weighted by atomic mass is 16.5. The third-order valence-corrected chi connectivity index (χ3v) is 2.67. The van der Waals surface area contributed by atoms with E-state index in [-0.39, 0.29) is 6.10 Å². The summed E-state index contributed by atoms with van der Waals surface area (Å²) in [5.74, 6) is 0.815. The zero-order chi connectivity index (χ0) is 12.1. The van der Waals surface area contributed by atoms with Crippen molar-refractivity contribution >= 4 is 0 Å². The van der Waals surface area contributed by atoms with Crippen molar-refractivity contribution in [2.45, 2.75) is 19.6 Å². The van der Waals surface area contributed by atoms with Gasteiger partial charge in [-0.3, -0.25) is 0 Å². The van der Waals surface area contributed by atoms with E-state index in [4.69, 9.17) is 14.9 Å². The van der Waals surface area contributed by atoms with Crippen LogP contribution in [0.4, 0.5) is 0 Å². The van der Waals surface area contributed by atoms with E-state index < -0.39 is 0 Å². The van der Waals surface area contributed by atoms with Crippen molar-refractivity contribution in [2.24, 2.45) is 5.73 Å². The lowest BCUT2D eigenvalue weighted by molar-refractivity contribution is 0.0355. The van der Waals surface area contributed by atoms with Crippen molar-refractivity contribution in [3.63, 3.8) is 0 Å². The number of aryl methyl sites for hydroxylation is 1. The third kappa shape index (κ3) is 3.19. The Balaban J connectivity index is 1.99. The first kappa shape index (κ1) is 11.9. The van der Waals surface area contributed by atoms with E-state index in [0.29, 0.717) is 13.2 Å². The highest BCUT2D eigenvalue weighted by Gasteiger charge is 2.10. The topological polar surface area (TPSA) is 48.4 Å². The molecule has 0 aliphatic heterocycles. The Bertz CT molecular complexity index is 434. The molecule has 0 spiro atoms. The Morgan fingerprint density at radius 2 is 2.00 bits per heavy atom. The number of rotatable bonds is 5. The molecule has 0 saturated heterocycles. The van der Waals surface area contributed by atoms with Crippen LogP contribution in [0.25, 0.3) is 0 Å². The number of nitrogens with two attached hydrogens (primary N) is 1. The predicted molar refractivity (Wildman–Crippen MR) is 66.5 cm³/mol. The summed E-state index contributed by atoms with van der Waals surface area (Å²) in [4.78, 5) is 0. The second-order valence-electron chi connectivity index (χ2n) is 4.03. The maximum atomic E-state index is 5.74. The van der Waals surface area contributed by atoms with E-state index in [0.717, 1.165) is 11.3 Å². The molecule has 0 amide bonds. The third-order valence-electron chi connectivity index (χ3n) is 2.67. The lowest BCUT2D eigenvalue weighted by Gasteiger charge is -2.15. The van der Waals surface area contributed by atoms with Gasteiger partial charge in [-0.1, -0.05) is 29.8 Å². The quantitative estimate of drug-likeness (QED) is 0.860. The molecule has 0 aliphatic rings. The standard InChI is InChI=1S/C14H17NO2/c1-11-4-6-12(7-5-11)14(9-15)17-10-13-3-2-8-16-13/h2-8,14H,9-10,15H2,1H3. The average Bonchev–Trinajstić information content (AvgIpc) is 2.85. The van der Waals surface area contributed by atoms with Crippen molar-refractivity contribution in [3.05, 3.63) is 59.5 Å². The minimum atomic E-state index is -0.0827. The maximum Gasteiger partial charge on any atom is 0.129 e. The fraction of sp³-hybridized carbons (Fsp3) is 0.286. The number of hydrogen-bond donors (Lipinski definition) is 1. The molecule has 1 unspecified atom stereocenters. The van der Waals surface area contributed by atoms with Gasteiger partial charge in [0.15, 0.2) is 0 Å². The lowest BCUT2D eigenvalue weighted by atomic mass is 10.1. The summed E-state index contributed by atoms with van der Waals surface area (Å²) in [6, 6.07) is 12.0. The average molecular weight is 231 g/mol. The van der Waals surface area contributed by atoms with Crippen LogP contribution >= 0.6 is 0 Å². The van der Waals surface area contributed by atoms with Crippen LogP contribution in [-0.4, -0.2) is 6.54 Å². The molecule has 2 aromatic rings. The van der Waals surface area contributed by atoms with Gasteiger partial charge in [0.05, 0.1) is 12.4 Å². The summed E-state index contributed by atoms with van der Waals surface area (Å²) >= 11 is 0. The Morgan fingerprint density at radius 1 is 1.24 bits per heavy atom. The molecule has 0 radical (unpaired) electrons. The molecule has 0 aliphatic carbocycles. The largest absolute Gasteiger partial charge is 0.467 e. The molecule has 3 nitrogen and oxygen atoms in total. The Labute approximate surface area is 101 Å². The molecule has 0 bridgehead atoms. The summed E-state index contributed by atoms with van der Waals surface area (Å²) in [6.45, 7) is 2.97. The second-order valence-corrected chi connectivity index (χ2v) is 4.03. The number of benzene rings is 1. The van der Waals surface area contributed by atoms with Crippen molar-refractivity contribution in [1.82, 2.24) is 0 Å². The van der Waals surface area contributed by atoms with Gasteiger partial charge in [0, 0.05) is 6.54 Å². The van der Waals surface area contributed by atoms with E-state index in [1.165, 1.54) is 5.56 Å². The van der Waals surface area contributed by atoms with E-state index >= 15 is 0 Å². The molecule has 2 rings (SSSR count). The van der Waals surface area contributed by atoms with Crippen LogP contribution in [0, 0.1) is 6.92 Å². The van der Waals surface area contributed by atoms with Gasteiger partial charge in [-0.15, -0.1) is 0 Å². The first-order chi connectivity index (χ1) is 8.29. The molecule has 1 aromatic heterocycles. The Morgan fingerprint density at radius 3 is 2.59 bits per heavy atom. The lowest BCUT2D eigenvalue weighted by Crippen LogP contribution is -2.15. The van der Waals surface area contributed by atoms with Crippen molar-refractivity contribution < 1.29 is 9.15 Å². The molecule has 90 valence electrons. The molecule has 0 saturated carbocycles. The van der Waals surface area contributed by atoms with Crippen LogP contribution in [0.3, 0.4) is 0 Å². The summed E-state index contributed by atoms with van der Waals surface area (Å²) in [5.41, 5.74) is 8.06. The van der Waals surface area contributed by atoms with Crippen molar-refractivity contribution in [1.29, 1.82) is 0 Å². The molecular formula is C14H17NO2. The summed E-state index contributed by atoms with van der Waals surface area (Å²) < 4.78 is 11.0. The molecule has 2 N–H and O–H groups in total. The number of furan rings is 1. The molecule has 3 heteroatoms. The highest BCUT2D eigenvalue weighted by molar-refractivity contribution is 5.23. The molecule has 1 aromatic carbocycles. The van der Waals surface area contributed by atoms with Crippen molar-refractivity contribution in [3.8, 4) is 0 Å². The van der Waals surface area contributed by atoms with Gasteiger partial charge in [0.25, 0.3) is 0 Å². The molecule has 0 fully saturated rings. The molecule has 1 heterocycles. The van der Waals surface area contributed by atoms with Crippen LogP contribution in [0.15, 0.2) is 47.1 Å². The van der Waals surface area contributed by atoms with Gasteiger partial charge in [0.1, 0.15) is 12.4 Å². The molecule has 1 atom stereocenters. The Hall–Kier alpha value is -1.58. The number of ether oxygens (including phenoxy) is 1. The summed E-state index contributed by atoms with van der Waals surface area (Å²) in [5, 5.41) is 0. The van der Waals surface area contributed by atoms with Gasteiger partial charge in [0.2, 0.25) is 0 Å². The van der Waals surface area contributed by atoms with Gasteiger partial charge in [-0.05, 0) is 24.6 Å². The number of hydrogen-bond acceptors (Lipinski definition) is 3. The highest BCUT2D eigenvalue weighted by Crippen LogP contribution is 2.18. The smallest absolute Gasteiger partial charge is 0.129 e. The van der Waals surface area contributed by atoms with Gasteiger partial charge in [-0.25, -0.2) is 0 Å². The molecule has 17 heavy (non-hydrogen) atoms. The van der Waals surface area contributed by atoms with Gasteiger partial charge in [-0.2, -0.15) is 0 Å². The fourth-order valence-electron chi connectivity index (χ4n) is 1.66. The predicted octanol–water partition coefficient (Wildman–Crippen LogP) is 2.80. The van der Waals surface area contributed by atoms with E-state index in [1.807, 2.05) is 12.1 Å². The monoisotopic (exact) mass is 231 g/mol. The van der Waals surface area contributed by atoms with E-state index in [2.05, 4.69) is 31.2 Å². The SMILES string of the molecule is Cc1ccc(C(CN)OCc2ccco2)cc1. The first-order valence-electron chi connectivity index (χ1n) is 5.70. The normalized spacial score (nSPS) is 12.6. The van der Waals surface area contributed by atoms with Gasteiger partial charge < -0.3 is 14.9 Å². The van der Waals surface area contributed by atoms with Crippen LogP contribution in [0.1, 0.15) is 23.0 Å². The minimum Gasteiger partial charge on any atom is -0.467 e. The van der Waals surface area contributed by atoms with Gasteiger partial charge >= 0.3 is 0 Å². The van der Waals surface area contributed by atoms with E-state index in [1.54, 1.807) is 6.26 Å². The van der Waals surface area contributed by atoms with Crippen LogP contribution in [0.2, 0.25) is 0 Å². The zero-order valence-electron chi connectivity index (χ0n) is 9.93. The summed E-state index contributed by atoms with van der Waals surface area (Å²) in [7, 11) is 0. The van der Waals surface area contributed by atoms with Crippen LogP contribution < -0.4 is 5.73 Å². The Kier molecular flexibility index (Phi) is 3.96. The molecular weight excluding hydrogens is 214 g/mol. The zero-order valence-corrected chi connectivity index (χ0v) is 9.93. The van der Waals surface area contributed by atoms with E-state index in [9.17, 15) is 0 Å². The van der Waals surface area contributed by atoms with Crippen LogP contribution in [0.5, 0.6) is 0 Å². The van der Waals surface area contributed by atoms with Crippen molar-refractivity contribution in [2.75, 3.05) is 6.54 Å². The first-order valence-corrected chi connectivity index (χ1v) is 5.70. The fourth-order valence-corrected chi connectivity index (χ4v) is 1.66. The summed E-state index contributed by atoms with van der Waals surface area (Å²) in [6.07, 6.45) is 1.56. The van der Waals surface area contributed by atoms with Crippen LogP contribution in [-0.2, 0) is 11.3 Å². The maximum absolute atomic E-state index is 5.74. The minimum absolute atomic E-state index is 0.0827. The second kappa shape index (κ2) is 5.66.